The molecule has 0 fully saturated rings. The fraction of sp³-hybridized carbons (Fsp3) is 0.0714. The Balaban J connectivity index is 2.28. The molecule has 0 aliphatic rings. The number of hydrogen-bond donors (Lipinski definition) is 0. The fourth-order valence-corrected chi connectivity index (χ4v) is 1.76. The summed E-state index contributed by atoms with van der Waals surface area (Å²) in [6.45, 7) is 3.58. The second-order valence-corrected chi connectivity index (χ2v) is 4.10. The summed E-state index contributed by atoms with van der Waals surface area (Å²) in [5.74, 6) is -0.274. The largest absolute Gasteiger partial charge is 0.207 e. The molecule has 0 N–H and O–H groups in total. The molecule has 81 valence electrons. The van der Waals surface area contributed by atoms with Crippen LogP contribution in [0.3, 0.4) is 0 Å². The first kappa shape index (κ1) is 11.2. The first-order valence-electron chi connectivity index (χ1n) is 5.00. The summed E-state index contributed by atoms with van der Waals surface area (Å²) < 4.78 is 13.3. The van der Waals surface area contributed by atoms with E-state index in [0.717, 1.165) is 11.1 Å². The molecule has 0 amide bonds. The predicted molar refractivity (Wildman–Crippen MR) is 65.1 cm³/mol. The molecule has 0 atom stereocenters. The topological polar surface area (TPSA) is 0 Å². The summed E-state index contributed by atoms with van der Waals surface area (Å²) in [6.07, 6.45) is 0.636. The third kappa shape index (κ3) is 2.42. The molecule has 2 rings (SSSR count). The van der Waals surface area contributed by atoms with Crippen LogP contribution < -0.4 is 0 Å². The van der Waals surface area contributed by atoms with E-state index in [-0.39, 0.29) is 5.82 Å². The molecular formula is C14H11ClF. The minimum Gasteiger partial charge on any atom is -0.207 e. The Bertz CT molecular complexity index is 506. The zero-order valence-corrected chi connectivity index (χ0v) is 9.47. The third-order valence-electron chi connectivity index (χ3n) is 2.47. The fourth-order valence-electron chi connectivity index (χ4n) is 1.56. The second kappa shape index (κ2) is 4.67. The summed E-state index contributed by atoms with van der Waals surface area (Å²) in [6, 6.07) is 12.6. The Morgan fingerprint density at radius 3 is 2.56 bits per heavy atom. The lowest BCUT2D eigenvalue weighted by atomic mass is 10.0. The number of hydrogen-bond acceptors (Lipinski definition) is 0. The minimum absolute atomic E-state index is 0.274. The van der Waals surface area contributed by atoms with Crippen molar-refractivity contribution in [3.63, 3.8) is 0 Å². The smallest absolute Gasteiger partial charge is 0.126 e. The lowest BCUT2D eigenvalue weighted by Gasteiger charge is -2.05. The van der Waals surface area contributed by atoms with Crippen molar-refractivity contribution in [2.45, 2.75) is 6.42 Å². The van der Waals surface area contributed by atoms with Crippen molar-refractivity contribution in [3.05, 3.63) is 76.9 Å². The minimum atomic E-state index is -0.274. The van der Waals surface area contributed by atoms with E-state index in [4.69, 9.17) is 11.6 Å². The molecule has 16 heavy (non-hydrogen) atoms. The molecule has 2 aromatic carbocycles. The van der Waals surface area contributed by atoms with E-state index in [1.807, 2.05) is 30.3 Å². The van der Waals surface area contributed by atoms with Gasteiger partial charge in [-0.2, -0.15) is 0 Å². The van der Waals surface area contributed by atoms with Gasteiger partial charge < -0.3 is 0 Å². The average Bonchev–Trinajstić information content (AvgIpc) is 2.27. The van der Waals surface area contributed by atoms with Gasteiger partial charge in [-0.3, -0.25) is 0 Å². The van der Waals surface area contributed by atoms with Crippen LogP contribution in [-0.4, -0.2) is 0 Å². The second-order valence-electron chi connectivity index (χ2n) is 3.69. The SMILES string of the molecule is [CH2]c1ccc(Cc2ccccc2Cl)cc1F. The molecule has 0 aliphatic heterocycles. The van der Waals surface area contributed by atoms with Crippen molar-refractivity contribution in [1.29, 1.82) is 0 Å². The monoisotopic (exact) mass is 233 g/mol. The number of benzene rings is 2. The zero-order valence-electron chi connectivity index (χ0n) is 8.71. The highest BCUT2D eigenvalue weighted by molar-refractivity contribution is 6.31. The number of rotatable bonds is 2. The molecule has 2 aromatic rings. The summed E-state index contributed by atoms with van der Waals surface area (Å²) in [5.41, 5.74) is 2.32. The number of halogens is 2. The van der Waals surface area contributed by atoms with Crippen LogP contribution in [0.25, 0.3) is 0 Å². The van der Waals surface area contributed by atoms with E-state index in [2.05, 4.69) is 6.92 Å². The molecule has 0 unspecified atom stereocenters. The first-order chi connectivity index (χ1) is 7.66. The maximum Gasteiger partial charge on any atom is 0.126 e. The van der Waals surface area contributed by atoms with Crippen molar-refractivity contribution in [3.8, 4) is 0 Å². The van der Waals surface area contributed by atoms with Crippen LogP contribution in [0.2, 0.25) is 5.02 Å². The third-order valence-corrected chi connectivity index (χ3v) is 2.84. The quantitative estimate of drug-likeness (QED) is 0.727. The average molecular weight is 234 g/mol. The molecule has 0 saturated carbocycles. The normalized spacial score (nSPS) is 10.4. The van der Waals surface area contributed by atoms with Crippen molar-refractivity contribution in [1.82, 2.24) is 0 Å². The van der Waals surface area contributed by atoms with Crippen LogP contribution in [0.1, 0.15) is 16.7 Å². The highest BCUT2D eigenvalue weighted by atomic mass is 35.5. The van der Waals surface area contributed by atoms with Crippen molar-refractivity contribution < 1.29 is 4.39 Å². The Hall–Kier alpha value is -1.34. The van der Waals surface area contributed by atoms with Gasteiger partial charge in [-0.25, -0.2) is 4.39 Å². The molecule has 0 heterocycles. The lowest BCUT2D eigenvalue weighted by molar-refractivity contribution is 0.621. The standard InChI is InChI=1S/C14H11ClF/c1-10-6-7-11(9-14(10)16)8-12-4-2-3-5-13(12)15/h2-7,9H,1,8H2. The molecule has 0 aliphatic carbocycles. The Kier molecular flexibility index (Phi) is 3.25. The first-order valence-corrected chi connectivity index (χ1v) is 5.38. The van der Waals surface area contributed by atoms with Gasteiger partial charge in [0.2, 0.25) is 0 Å². The van der Waals surface area contributed by atoms with Gasteiger partial charge in [0.05, 0.1) is 0 Å². The van der Waals surface area contributed by atoms with Gasteiger partial charge in [0.1, 0.15) is 5.82 Å². The Morgan fingerprint density at radius 2 is 1.88 bits per heavy atom. The van der Waals surface area contributed by atoms with Gasteiger partial charge in [-0.05, 0) is 42.2 Å². The molecule has 0 saturated heterocycles. The van der Waals surface area contributed by atoms with E-state index in [1.165, 1.54) is 6.07 Å². The van der Waals surface area contributed by atoms with Gasteiger partial charge in [0, 0.05) is 5.02 Å². The Morgan fingerprint density at radius 1 is 1.12 bits per heavy atom. The predicted octanol–water partition coefficient (Wildman–Crippen LogP) is 4.25. The molecule has 0 spiro atoms. The van der Waals surface area contributed by atoms with E-state index in [1.54, 1.807) is 6.07 Å². The van der Waals surface area contributed by atoms with E-state index >= 15 is 0 Å². The lowest BCUT2D eigenvalue weighted by Crippen LogP contribution is -1.91. The highest BCUT2D eigenvalue weighted by Crippen LogP contribution is 2.20. The van der Waals surface area contributed by atoms with Gasteiger partial charge >= 0.3 is 0 Å². The molecule has 0 aromatic heterocycles. The molecule has 0 bridgehead atoms. The van der Waals surface area contributed by atoms with Crippen LogP contribution in [-0.2, 0) is 6.42 Å². The van der Waals surface area contributed by atoms with E-state index < -0.39 is 0 Å². The van der Waals surface area contributed by atoms with Gasteiger partial charge in [0.25, 0.3) is 0 Å². The van der Waals surface area contributed by atoms with Crippen LogP contribution in [0.4, 0.5) is 4.39 Å². The summed E-state index contributed by atoms with van der Waals surface area (Å²) >= 11 is 6.04. The van der Waals surface area contributed by atoms with Crippen LogP contribution in [0, 0.1) is 12.7 Å². The molecular weight excluding hydrogens is 223 g/mol. The maximum atomic E-state index is 13.3. The van der Waals surface area contributed by atoms with Crippen LogP contribution in [0.15, 0.2) is 42.5 Å². The molecule has 2 heteroatoms. The van der Waals surface area contributed by atoms with Crippen molar-refractivity contribution in [2.75, 3.05) is 0 Å². The summed E-state index contributed by atoms with van der Waals surface area (Å²) in [7, 11) is 0. The van der Waals surface area contributed by atoms with Gasteiger partial charge in [-0.1, -0.05) is 41.9 Å². The van der Waals surface area contributed by atoms with E-state index in [9.17, 15) is 4.39 Å². The van der Waals surface area contributed by atoms with Crippen LogP contribution >= 0.6 is 11.6 Å². The molecule has 0 nitrogen and oxygen atoms in total. The van der Waals surface area contributed by atoms with Crippen molar-refractivity contribution >= 4 is 11.6 Å². The zero-order chi connectivity index (χ0) is 11.5. The van der Waals surface area contributed by atoms with Gasteiger partial charge in [-0.15, -0.1) is 0 Å². The molecule has 1 radical (unpaired) electrons. The highest BCUT2D eigenvalue weighted by Gasteiger charge is 2.03. The summed E-state index contributed by atoms with van der Waals surface area (Å²) in [5, 5.41) is 0.710. The van der Waals surface area contributed by atoms with Crippen molar-refractivity contribution in [2.24, 2.45) is 0 Å². The Labute approximate surface area is 99.7 Å². The summed E-state index contributed by atoms with van der Waals surface area (Å²) in [4.78, 5) is 0. The van der Waals surface area contributed by atoms with Crippen LogP contribution in [0.5, 0.6) is 0 Å². The van der Waals surface area contributed by atoms with E-state index in [0.29, 0.717) is 17.0 Å². The van der Waals surface area contributed by atoms with Gasteiger partial charge in [0.15, 0.2) is 0 Å². The maximum absolute atomic E-state index is 13.3.